The predicted molar refractivity (Wildman–Crippen MR) is 47.3 cm³/mol. The first-order valence-electron chi connectivity index (χ1n) is 4.09. The lowest BCUT2D eigenvalue weighted by atomic mass is 10.5. The van der Waals surface area contributed by atoms with Crippen molar-refractivity contribution in [3.05, 3.63) is 36.7 Å². The Morgan fingerprint density at radius 1 is 1.46 bits per heavy atom. The molecule has 0 saturated heterocycles. The van der Waals surface area contributed by atoms with E-state index < -0.39 is 0 Å². The van der Waals surface area contributed by atoms with Crippen molar-refractivity contribution in [2.45, 2.75) is 6.92 Å². The highest BCUT2D eigenvalue weighted by molar-refractivity contribution is 5.10. The van der Waals surface area contributed by atoms with Crippen LogP contribution in [0.15, 0.2) is 31.0 Å². The highest BCUT2D eigenvalue weighted by atomic mass is 15.2. The quantitative estimate of drug-likeness (QED) is 0.588. The molecule has 0 radical (unpaired) electrons. The standard InChI is InChI=1S/C9H11N4/c1-8-6-10-7-13(8)9-11-4-3-5-12(9)2/h3-7H,1-2H3/q+1. The van der Waals surface area contributed by atoms with Crippen LogP contribution in [0.3, 0.4) is 0 Å². The molecule has 0 atom stereocenters. The van der Waals surface area contributed by atoms with Crippen LogP contribution in [0.25, 0.3) is 5.95 Å². The summed E-state index contributed by atoms with van der Waals surface area (Å²) in [6, 6.07) is 1.90. The fourth-order valence-electron chi connectivity index (χ4n) is 1.24. The highest BCUT2D eigenvalue weighted by Gasteiger charge is 2.12. The van der Waals surface area contributed by atoms with Crippen molar-refractivity contribution in [1.82, 2.24) is 14.5 Å². The molecule has 0 aliphatic rings. The van der Waals surface area contributed by atoms with Gasteiger partial charge in [-0.1, -0.05) is 4.98 Å². The lowest BCUT2D eigenvalue weighted by Crippen LogP contribution is -2.34. The molecule has 0 unspecified atom stereocenters. The minimum Gasteiger partial charge on any atom is -0.238 e. The maximum Gasteiger partial charge on any atom is 0.404 e. The first-order valence-corrected chi connectivity index (χ1v) is 4.09. The first-order chi connectivity index (χ1) is 6.29. The fraction of sp³-hybridized carbons (Fsp3) is 0.222. The fourth-order valence-corrected chi connectivity index (χ4v) is 1.24. The molecule has 13 heavy (non-hydrogen) atoms. The Hall–Kier alpha value is -1.71. The van der Waals surface area contributed by atoms with Gasteiger partial charge in [0.05, 0.1) is 19.4 Å². The van der Waals surface area contributed by atoms with Crippen LogP contribution in [0.5, 0.6) is 0 Å². The monoisotopic (exact) mass is 175 g/mol. The van der Waals surface area contributed by atoms with E-state index in [1.165, 1.54) is 0 Å². The molecule has 0 spiro atoms. The van der Waals surface area contributed by atoms with E-state index in [-0.39, 0.29) is 0 Å². The van der Waals surface area contributed by atoms with Gasteiger partial charge in [0.25, 0.3) is 0 Å². The summed E-state index contributed by atoms with van der Waals surface area (Å²) in [5.41, 5.74) is 1.08. The van der Waals surface area contributed by atoms with E-state index in [1.54, 1.807) is 12.5 Å². The smallest absolute Gasteiger partial charge is 0.238 e. The molecular formula is C9H11N4+. The lowest BCUT2D eigenvalue weighted by molar-refractivity contribution is -0.668. The minimum absolute atomic E-state index is 0.873. The van der Waals surface area contributed by atoms with Crippen LogP contribution >= 0.6 is 0 Å². The van der Waals surface area contributed by atoms with Gasteiger partial charge >= 0.3 is 5.95 Å². The molecule has 2 heterocycles. The Bertz CT molecular complexity index is 419. The molecule has 0 fully saturated rings. The average Bonchev–Trinajstić information content (AvgIpc) is 2.52. The van der Waals surface area contributed by atoms with Gasteiger partial charge in [-0.15, -0.1) is 0 Å². The summed E-state index contributed by atoms with van der Waals surface area (Å²) < 4.78 is 3.90. The Balaban J connectivity index is 2.59. The molecule has 4 nitrogen and oxygen atoms in total. The van der Waals surface area contributed by atoms with Gasteiger partial charge in [0.1, 0.15) is 11.9 Å². The van der Waals surface area contributed by atoms with E-state index in [9.17, 15) is 0 Å². The molecule has 0 saturated carbocycles. The predicted octanol–water partition coefficient (Wildman–Crippen LogP) is 0.400. The Kier molecular flexibility index (Phi) is 1.81. The lowest BCUT2D eigenvalue weighted by Gasteiger charge is -1.98. The summed E-state index contributed by atoms with van der Waals surface area (Å²) in [6.45, 7) is 2.00. The zero-order chi connectivity index (χ0) is 9.26. The van der Waals surface area contributed by atoms with Crippen molar-refractivity contribution in [2.24, 2.45) is 7.05 Å². The summed E-state index contributed by atoms with van der Waals surface area (Å²) in [4.78, 5) is 8.32. The van der Waals surface area contributed by atoms with Crippen LogP contribution in [0.1, 0.15) is 5.69 Å². The SMILES string of the molecule is Cc1cncn1-c1nccc[n+]1C. The van der Waals surface area contributed by atoms with Crippen molar-refractivity contribution in [1.29, 1.82) is 0 Å². The maximum atomic E-state index is 4.27. The van der Waals surface area contributed by atoms with Crippen LogP contribution in [0, 0.1) is 6.92 Å². The molecular weight excluding hydrogens is 164 g/mol. The van der Waals surface area contributed by atoms with Gasteiger partial charge in [0.2, 0.25) is 0 Å². The molecule has 0 aromatic carbocycles. The van der Waals surface area contributed by atoms with Crippen molar-refractivity contribution < 1.29 is 4.57 Å². The molecule has 0 aliphatic heterocycles. The second-order valence-corrected chi connectivity index (χ2v) is 2.94. The van der Waals surface area contributed by atoms with Crippen LogP contribution in [0.4, 0.5) is 0 Å². The third-order valence-corrected chi connectivity index (χ3v) is 1.94. The number of rotatable bonds is 1. The number of nitrogens with zero attached hydrogens (tertiary/aromatic N) is 4. The van der Waals surface area contributed by atoms with E-state index in [4.69, 9.17) is 0 Å². The van der Waals surface area contributed by atoms with E-state index >= 15 is 0 Å². The Labute approximate surface area is 76.5 Å². The van der Waals surface area contributed by atoms with Gasteiger partial charge in [-0.05, 0) is 6.92 Å². The Morgan fingerprint density at radius 2 is 2.31 bits per heavy atom. The zero-order valence-corrected chi connectivity index (χ0v) is 7.68. The van der Waals surface area contributed by atoms with E-state index in [0.717, 1.165) is 11.6 Å². The van der Waals surface area contributed by atoms with Crippen molar-refractivity contribution in [2.75, 3.05) is 0 Å². The average molecular weight is 175 g/mol. The molecule has 2 aromatic rings. The van der Waals surface area contributed by atoms with Gasteiger partial charge in [0.15, 0.2) is 6.33 Å². The summed E-state index contributed by atoms with van der Waals surface area (Å²) in [6.07, 6.45) is 7.31. The molecule has 66 valence electrons. The zero-order valence-electron chi connectivity index (χ0n) is 7.68. The highest BCUT2D eigenvalue weighted by Crippen LogP contribution is 2.01. The Morgan fingerprint density at radius 3 is 2.92 bits per heavy atom. The van der Waals surface area contributed by atoms with Gasteiger partial charge in [0, 0.05) is 6.07 Å². The van der Waals surface area contributed by atoms with Crippen molar-refractivity contribution in [3.63, 3.8) is 0 Å². The van der Waals surface area contributed by atoms with Gasteiger partial charge < -0.3 is 0 Å². The van der Waals surface area contributed by atoms with E-state index in [1.807, 2.05) is 41.6 Å². The molecule has 2 rings (SSSR count). The number of aromatic nitrogens is 4. The minimum atomic E-state index is 0.873. The van der Waals surface area contributed by atoms with Crippen molar-refractivity contribution in [3.8, 4) is 5.95 Å². The van der Waals surface area contributed by atoms with Gasteiger partial charge in [-0.3, -0.25) is 0 Å². The molecule has 0 N–H and O–H groups in total. The molecule has 0 amide bonds. The normalized spacial score (nSPS) is 10.3. The van der Waals surface area contributed by atoms with E-state index in [0.29, 0.717) is 0 Å². The van der Waals surface area contributed by atoms with Crippen molar-refractivity contribution >= 4 is 0 Å². The second-order valence-electron chi connectivity index (χ2n) is 2.94. The summed E-state index contributed by atoms with van der Waals surface area (Å²) in [5.74, 6) is 0.873. The van der Waals surface area contributed by atoms with Gasteiger partial charge in [-0.2, -0.15) is 4.57 Å². The van der Waals surface area contributed by atoms with E-state index in [2.05, 4.69) is 9.97 Å². The number of imidazole rings is 1. The van der Waals surface area contributed by atoms with Crippen LogP contribution in [-0.4, -0.2) is 14.5 Å². The summed E-state index contributed by atoms with van der Waals surface area (Å²) >= 11 is 0. The van der Waals surface area contributed by atoms with Crippen LogP contribution in [0.2, 0.25) is 0 Å². The summed E-state index contributed by atoms with van der Waals surface area (Å²) in [7, 11) is 1.96. The molecule has 0 aliphatic carbocycles. The van der Waals surface area contributed by atoms with Gasteiger partial charge in [-0.25, -0.2) is 9.55 Å². The second kappa shape index (κ2) is 2.97. The molecule has 2 aromatic heterocycles. The topological polar surface area (TPSA) is 34.6 Å². The maximum absolute atomic E-state index is 4.27. The molecule has 0 bridgehead atoms. The first kappa shape index (κ1) is 7.91. The third-order valence-electron chi connectivity index (χ3n) is 1.94. The number of hydrogen-bond acceptors (Lipinski definition) is 2. The number of hydrogen-bond donors (Lipinski definition) is 0. The van der Waals surface area contributed by atoms with Crippen LogP contribution in [-0.2, 0) is 7.05 Å². The molecule has 4 heteroatoms. The largest absolute Gasteiger partial charge is 0.404 e. The summed E-state index contributed by atoms with van der Waals surface area (Å²) in [5, 5.41) is 0. The van der Waals surface area contributed by atoms with Crippen LogP contribution < -0.4 is 4.57 Å². The third kappa shape index (κ3) is 1.30. The number of aryl methyl sites for hydroxylation is 2.